The van der Waals surface area contributed by atoms with Gasteiger partial charge in [-0.05, 0) is 12.8 Å². The maximum Gasteiger partial charge on any atom is 0.146 e. The molecule has 0 aromatic carbocycles. The van der Waals surface area contributed by atoms with Gasteiger partial charge in [0.05, 0.1) is 13.2 Å². The molecule has 0 aliphatic rings. The topological polar surface area (TPSA) is 44.8 Å². The zero-order valence-electron chi connectivity index (χ0n) is 8.87. The van der Waals surface area contributed by atoms with Crippen molar-refractivity contribution < 1.29 is 19.0 Å². The minimum atomic E-state index is 0.330. The Morgan fingerprint density at radius 3 is 2.50 bits per heavy atom. The largest absolute Gasteiger partial charge is 0.382 e. The molecule has 4 nitrogen and oxygen atoms in total. The lowest BCUT2D eigenvalue weighted by Gasteiger charge is -2.04. The Morgan fingerprint density at radius 1 is 1.00 bits per heavy atom. The van der Waals surface area contributed by atoms with Gasteiger partial charge in [-0.25, -0.2) is 0 Å². The van der Waals surface area contributed by atoms with E-state index in [0.29, 0.717) is 33.0 Å². The molecular formula is C10H20O4. The summed E-state index contributed by atoms with van der Waals surface area (Å²) in [5.74, 6) is 0. The standard InChI is InChI=1S/C10H20O4/c1-12-8-9-14-10-13-7-5-3-2-4-6-11/h6H,2-5,7-10H2,1H3. The molecule has 0 radical (unpaired) electrons. The number of unbranched alkanes of at least 4 members (excludes halogenated alkanes) is 3. The first-order valence-electron chi connectivity index (χ1n) is 5.00. The quantitative estimate of drug-likeness (QED) is 0.290. The Hall–Kier alpha value is -0.450. The number of aldehydes is 1. The van der Waals surface area contributed by atoms with E-state index in [1.807, 2.05) is 0 Å². The smallest absolute Gasteiger partial charge is 0.146 e. The van der Waals surface area contributed by atoms with Crippen LogP contribution in [0, 0.1) is 0 Å². The van der Waals surface area contributed by atoms with E-state index < -0.39 is 0 Å². The van der Waals surface area contributed by atoms with Gasteiger partial charge >= 0.3 is 0 Å². The van der Waals surface area contributed by atoms with Gasteiger partial charge in [0, 0.05) is 20.1 Å². The van der Waals surface area contributed by atoms with Crippen LogP contribution in [0.1, 0.15) is 25.7 Å². The average Bonchev–Trinajstić information content (AvgIpc) is 2.21. The minimum absolute atomic E-state index is 0.330. The van der Waals surface area contributed by atoms with Crippen LogP contribution < -0.4 is 0 Å². The zero-order valence-corrected chi connectivity index (χ0v) is 8.87. The average molecular weight is 204 g/mol. The second-order valence-corrected chi connectivity index (χ2v) is 2.94. The number of ether oxygens (including phenoxy) is 3. The Labute approximate surface area is 85.5 Å². The molecule has 0 saturated carbocycles. The van der Waals surface area contributed by atoms with Gasteiger partial charge in [0.25, 0.3) is 0 Å². The molecule has 0 atom stereocenters. The highest BCUT2D eigenvalue weighted by atomic mass is 16.7. The number of methoxy groups -OCH3 is 1. The third-order valence-electron chi connectivity index (χ3n) is 1.71. The highest BCUT2D eigenvalue weighted by Gasteiger charge is 1.90. The Balaban J connectivity index is 2.81. The fourth-order valence-electron chi connectivity index (χ4n) is 0.928. The lowest BCUT2D eigenvalue weighted by Crippen LogP contribution is -2.06. The number of carbonyl (C=O) groups is 1. The van der Waals surface area contributed by atoms with Gasteiger partial charge in [0.2, 0.25) is 0 Å². The van der Waals surface area contributed by atoms with E-state index in [2.05, 4.69) is 0 Å². The highest BCUT2D eigenvalue weighted by Crippen LogP contribution is 1.97. The van der Waals surface area contributed by atoms with Crippen molar-refractivity contribution >= 4 is 6.29 Å². The van der Waals surface area contributed by atoms with Gasteiger partial charge < -0.3 is 19.0 Å². The maximum atomic E-state index is 9.98. The van der Waals surface area contributed by atoms with Gasteiger partial charge in [0.1, 0.15) is 13.1 Å². The van der Waals surface area contributed by atoms with Gasteiger partial charge in [-0.3, -0.25) is 0 Å². The summed E-state index contributed by atoms with van der Waals surface area (Å²) in [7, 11) is 1.64. The van der Waals surface area contributed by atoms with Crippen molar-refractivity contribution in [3.05, 3.63) is 0 Å². The number of hydrogen-bond donors (Lipinski definition) is 0. The van der Waals surface area contributed by atoms with E-state index in [1.54, 1.807) is 7.11 Å². The Morgan fingerprint density at radius 2 is 1.79 bits per heavy atom. The van der Waals surface area contributed by atoms with E-state index in [0.717, 1.165) is 25.5 Å². The third-order valence-corrected chi connectivity index (χ3v) is 1.71. The second kappa shape index (κ2) is 12.6. The molecule has 0 aromatic rings. The number of rotatable bonds is 11. The van der Waals surface area contributed by atoms with Gasteiger partial charge in [-0.2, -0.15) is 0 Å². The predicted molar refractivity (Wildman–Crippen MR) is 53.2 cm³/mol. The van der Waals surface area contributed by atoms with Crippen molar-refractivity contribution in [3.8, 4) is 0 Å². The summed E-state index contributed by atoms with van der Waals surface area (Å²) in [6.45, 7) is 2.20. The molecule has 0 amide bonds. The van der Waals surface area contributed by atoms with Crippen molar-refractivity contribution in [2.45, 2.75) is 25.7 Å². The fourth-order valence-corrected chi connectivity index (χ4v) is 0.928. The molecule has 0 bridgehead atoms. The van der Waals surface area contributed by atoms with Crippen LogP contribution in [0.15, 0.2) is 0 Å². The molecule has 0 aliphatic carbocycles. The predicted octanol–water partition coefficient (Wildman–Crippen LogP) is 1.38. The van der Waals surface area contributed by atoms with E-state index in [4.69, 9.17) is 14.2 Å². The molecule has 4 heteroatoms. The van der Waals surface area contributed by atoms with Crippen LogP contribution in [0.3, 0.4) is 0 Å². The third kappa shape index (κ3) is 11.6. The fraction of sp³-hybridized carbons (Fsp3) is 0.900. The van der Waals surface area contributed by atoms with Crippen LogP contribution in [-0.2, 0) is 19.0 Å². The first-order chi connectivity index (χ1) is 6.91. The molecule has 0 saturated heterocycles. The van der Waals surface area contributed by atoms with Crippen LogP contribution in [0.25, 0.3) is 0 Å². The van der Waals surface area contributed by atoms with Crippen LogP contribution in [-0.4, -0.2) is 40.0 Å². The van der Waals surface area contributed by atoms with Gasteiger partial charge in [0.15, 0.2) is 0 Å². The lowest BCUT2D eigenvalue weighted by atomic mass is 10.2. The summed E-state index contributed by atoms with van der Waals surface area (Å²) in [5.41, 5.74) is 0. The summed E-state index contributed by atoms with van der Waals surface area (Å²) in [5, 5.41) is 0. The zero-order chi connectivity index (χ0) is 10.5. The molecule has 0 fully saturated rings. The molecule has 0 N–H and O–H groups in total. The summed E-state index contributed by atoms with van der Waals surface area (Å²) in [6.07, 6.45) is 4.59. The van der Waals surface area contributed by atoms with Crippen molar-refractivity contribution in [2.24, 2.45) is 0 Å². The molecule has 0 aromatic heterocycles. The van der Waals surface area contributed by atoms with Crippen LogP contribution in [0.5, 0.6) is 0 Å². The van der Waals surface area contributed by atoms with Gasteiger partial charge in [-0.15, -0.1) is 0 Å². The Kier molecular flexibility index (Phi) is 12.1. The summed E-state index contributed by atoms with van der Waals surface area (Å²) in [4.78, 5) is 9.98. The molecule has 0 aliphatic heterocycles. The van der Waals surface area contributed by atoms with E-state index in [9.17, 15) is 4.79 Å². The van der Waals surface area contributed by atoms with E-state index >= 15 is 0 Å². The van der Waals surface area contributed by atoms with Crippen molar-refractivity contribution in [1.82, 2.24) is 0 Å². The first-order valence-corrected chi connectivity index (χ1v) is 5.00. The molecule has 0 unspecified atom stereocenters. The molecule has 0 rings (SSSR count). The van der Waals surface area contributed by atoms with Crippen molar-refractivity contribution in [2.75, 3.05) is 33.7 Å². The molecule has 0 spiro atoms. The molecule has 84 valence electrons. The number of hydrogen-bond acceptors (Lipinski definition) is 4. The van der Waals surface area contributed by atoms with E-state index in [-0.39, 0.29) is 0 Å². The maximum absolute atomic E-state index is 9.98. The first kappa shape index (κ1) is 13.5. The minimum Gasteiger partial charge on any atom is -0.382 e. The summed E-state index contributed by atoms with van der Waals surface area (Å²) < 4.78 is 15.1. The van der Waals surface area contributed by atoms with Crippen LogP contribution >= 0.6 is 0 Å². The second-order valence-electron chi connectivity index (χ2n) is 2.94. The van der Waals surface area contributed by atoms with Crippen molar-refractivity contribution in [1.29, 1.82) is 0 Å². The highest BCUT2D eigenvalue weighted by molar-refractivity contribution is 5.48. The van der Waals surface area contributed by atoms with Crippen LogP contribution in [0.2, 0.25) is 0 Å². The van der Waals surface area contributed by atoms with E-state index in [1.165, 1.54) is 0 Å². The lowest BCUT2D eigenvalue weighted by molar-refractivity contribution is -0.108. The monoisotopic (exact) mass is 204 g/mol. The van der Waals surface area contributed by atoms with Gasteiger partial charge in [-0.1, -0.05) is 6.42 Å². The SMILES string of the molecule is COCCOCOCCCCCC=O. The normalized spacial score (nSPS) is 10.4. The summed E-state index contributed by atoms with van der Waals surface area (Å²) in [6, 6.07) is 0. The number of carbonyl (C=O) groups excluding carboxylic acids is 1. The Bertz CT molecular complexity index is 117. The molecule has 14 heavy (non-hydrogen) atoms. The molecule has 0 heterocycles. The summed E-state index contributed by atoms with van der Waals surface area (Å²) >= 11 is 0. The van der Waals surface area contributed by atoms with Crippen molar-refractivity contribution in [3.63, 3.8) is 0 Å². The van der Waals surface area contributed by atoms with Crippen LogP contribution in [0.4, 0.5) is 0 Å². The molecular weight excluding hydrogens is 184 g/mol.